The van der Waals surface area contributed by atoms with E-state index in [2.05, 4.69) is 6.07 Å². The number of nitrogens with zero attached hydrogens (tertiary/aromatic N) is 4. The lowest BCUT2D eigenvalue weighted by atomic mass is 10.1. The quantitative estimate of drug-likeness (QED) is 0.603. The van der Waals surface area contributed by atoms with Gasteiger partial charge in [-0.25, -0.2) is 4.39 Å². The Morgan fingerprint density at radius 3 is 2.39 bits per heavy atom. The molecule has 0 atom stereocenters. The maximum Gasteiger partial charge on any atom is 0.258 e. The number of carbonyl (C=O) groups is 2. The third-order valence-corrected chi connectivity index (χ3v) is 5.49. The lowest BCUT2D eigenvalue weighted by Gasteiger charge is -2.36. The molecule has 2 aromatic heterocycles. The first-order valence-corrected chi connectivity index (χ1v) is 9.92. The molecule has 31 heavy (non-hydrogen) atoms. The number of carbonyl (C=O) groups excluding carboxylic acids is 2. The van der Waals surface area contributed by atoms with Crippen LogP contribution < -0.4 is 4.90 Å². The highest BCUT2D eigenvalue weighted by atomic mass is 19.1. The van der Waals surface area contributed by atoms with Crippen molar-refractivity contribution in [3.63, 3.8) is 0 Å². The average molecular weight is 420 g/mol. The van der Waals surface area contributed by atoms with Crippen molar-refractivity contribution in [1.29, 1.82) is 5.26 Å². The molecule has 1 amide bonds. The second-order valence-electron chi connectivity index (χ2n) is 7.42. The third-order valence-electron chi connectivity index (χ3n) is 5.49. The standard InChI is InChI=1S/C23H21FN4O3/c1-15(29)17-5-6-20(19(24)13-17)26-9-11-27(12-10-26)22(30)21-16(2)31-23(18(21)14-25)28-7-3-4-8-28/h3-8,13H,9-12H2,1-2H3. The van der Waals surface area contributed by atoms with Gasteiger partial charge in [0.1, 0.15) is 28.8 Å². The minimum absolute atomic E-state index is 0.191. The van der Waals surface area contributed by atoms with Crippen LogP contribution in [0.1, 0.15) is 39.0 Å². The number of Topliss-reactive ketones (excluding diaryl/α,β-unsaturated/α-hetero) is 1. The average Bonchev–Trinajstić information content (AvgIpc) is 3.40. The van der Waals surface area contributed by atoms with E-state index in [1.165, 1.54) is 13.0 Å². The Hall–Kier alpha value is -3.86. The number of benzene rings is 1. The number of aromatic nitrogens is 1. The molecule has 0 unspecified atom stereocenters. The molecule has 0 N–H and O–H groups in total. The number of rotatable bonds is 4. The van der Waals surface area contributed by atoms with Crippen LogP contribution in [0.25, 0.3) is 5.88 Å². The fraction of sp³-hybridized carbons (Fsp3) is 0.261. The summed E-state index contributed by atoms with van der Waals surface area (Å²) >= 11 is 0. The van der Waals surface area contributed by atoms with Gasteiger partial charge in [0, 0.05) is 44.1 Å². The van der Waals surface area contributed by atoms with Crippen molar-refractivity contribution in [2.24, 2.45) is 0 Å². The molecule has 0 saturated carbocycles. The zero-order valence-corrected chi connectivity index (χ0v) is 17.3. The molecule has 1 saturated heterocycles. The lowest BCUT2D eigenvalue weighted by molar-refractivity contribution is 0.0744. The SMILES string of the molecule is CC(=O)c1ccc(N2CCN(C(=O)c3c(C)oc(-n4cccc4)c3C#N)CC2)c(F)c1. The summed E-state index contributed by atoms with van der Waals surface area (Å²) in [6.07, 6.45) is 3.50. The highest BCUT2D eigenvalue weighted by molar-refractivity contribution is 5.98. The van der Waals surface area contributed by atoms with Gasteiger partial charge in [0.2, 0.25) is 5.88 Å². The monoisotopic (exact) mass is 420 g/mol. The van der Waals surface area contributed by atoms with Crippen LogP contribution in [-0.4, -0.2) is 47.3 Å². The minimum atomic E-state index is -0.457. The first kappa shape index (κ1) is 20.4. The van der Waals surface area contributed by atoms with Gasteiger partial charge in [-0.15, -0.1) is 0 Å². The Labute approximate surface area is 178 Å². The van der Waals surface area contributed by atoms with E-state index < -0.39 is 5.82 Å². The van der Waals surface area contributed by atoms with Crippen LogP contribution in [-0.2, 0) is 0 Å². The van der Waals surface area contributed by atoms with Crippen molar-refractivity contribution in [2.75, 3.05) is 31.1 Å². The molecule has 0 aliphatic carbocycles. The van der Waals surface area contributed by atoms with E-state index >= 15 is 0 Å². The molecule has 3 heterocycles. The molecular formula is C23H21FN4O3. The summed E-state index contributed by atoms with van der Waals surface area (Å²) in [7, 11) is 0. The summed E-state index contributed by atoms with van der Waals surface area (Å²) in [5, 5.41) is 9.67. The van der Waals surface area contributed by atoms with Crippen LogP contribution >= 0.6 is 0 Å². The van der Waals surface area contributed by atoms with Crippen LogP contribution in [0.4, 0.5) is 10.1 Å². The number of hydrogen-bond acceptors (Lipinski definition) is 5. The van der Waals surface area contributed by atoms with Gasteiger partial charge in [-0.05, 0) is 44.2 Å². The van der Waals surface area contributed by atoms with E-state index in [0.717, 1.165) is 0 Å². The van der Waals surface area contributed by atoms with E-state index in [0.29, 0.717) is 49.1 Å². The normalized spacial score (nSPS) is 13.9. The molecule has 1 aromatic carbocycles. The largest absolute Gasteiger partial charge is 0.443 e. The van der Waals surface area contributed by atoms with E-state index in [4.69, 9.17) is 4.42 Å². The molecule has 8 heteroatoms. The van der Waals surface area contributed by atoms with Gasteiger partial charge in [0.25, 0.3) is 5.91 Å². The maximum atomic E-state index is 14.5. The van der Waals surface area contributed by atoms with Gasteiger partial charge in [0.05, 0.1) is 5.69 Å². The molecule has 158 valence electrons. The zero-order chi connectivity index (χ0) is 22.1. The highest BCUT2D eigenvalue weighted by Crippen LogP contribution is 2.28. The maximum absolute atomic E-state index is 14.5. The predicted octanol–water partition coefficient (Wildman–Crippen LogP) is 3.55. The van der Waals surface area contributed by atoms with E-state index in [1.807, 2.05) is 17.0 Å². The number of furan rings is 1. The first-order valence-electron chi connectivity index (χ1n) is 9.92. The van der Waals surface area contributed by atoms with Crippen LogP contribution in [0.3, 0.4) is 0 Å². The molecule has 7 nitrogen and oxygen atoms in total. The summed E-state index contributed by atoms with van der Waals surface area (Å²) in [5.41, 5.74) is 1.20. The third kappa shape index (κ3) is 3.70. The predicted molar refractivity (Wildman–Crippen MR) is 112 cm³/mol. The van der Waals surface area contributed by atoms with Crippen molar-refractivity contribution in [1.82, 2.24) is 9.47 Å². The van der Waals surface area contributed by atoms with Gasteiger partial charge in [0.15, 0.2) is 5.78 Å². The molecule has 0 radical (unpaired) electrons. The molecule has 1 aliphatic heterocycles. The van der Waals surface area contributed by atoms with Crippen molar-refractivity contribution < 1.29 is 18.4 Å². The molecule has 0 bridgehead atoms. The van der Waals surface area contributed by atoms with Crippen molar-refractivity contribution >= 4 is 17.4 Å². The fourth-order valence-electron chi connectivity index (χ4n) is 3.83. The van der Waals surface area contributed by atoms with Crippen molar-refractivity contribution in [3.8, 4) is 12.0 Å². The Morgan fingerprint density at radius 1 is 1.13 bits per heavy atom. The number of nitriles is 1. The summed E-state index contributed by atoms with van der Waals surface area (Å²) in [5.74, 6) is -0.216. The number of ketones is 1. The molecule has 4 rings (SSSR count). The number of anilines is 1. The van der Waals surface area contributed by atoms with Gasteiger partial charge in [-0.1, -0.05) is 0 Å². The van der Waals surface area contributed by atoms with Crippen LogP contribution in [0.5, 0.6) is 0 Å². The second kappa shape index (κ2) is 8.11. The number of hydrogen-bond donors (Lipinski definition) is 0. The minimum Gasteiger partial charge on any atom is -0.443 e. The number of halogens is 1. The number of piperazine rings is 1. The molecule has 1 aliphatic rings. The summed E-state index contributed by atoms with van der Waals surface area (Å²) in [4.78, 5) is 28.1. The molecule has 1 fully saturated rings. The van der Waals surface area contributed by atoms with Gasteiger partial charge in [-0.3, -0.25) is 14.2 Å². The zero-order valence-electron chi connectivity index (χ0n) is 17.3. The second-order valence-corrected chi connectivity index (χ2v) is 7.42. The first-order chi connectivity index (χ1) is 14.9. The molecular weight excluding hydrogens is 399 g/mol. The van der Waals surface area contributed by atoms with Gasteiger partial charge in [-0.2, -0.15) is 5.26 Å². The summed E-state index contributed by atoms with van der Waals surface area (Å²) in [6, 6.07) is 10.2. The van der Waals surface area contributed by atoms with Crippen LogP contribution in [0.2, 0.25) is 0 Å². The van der Waals surface area contributed by atoms with Crippen molar-refractivity contribution in [3.05, 3.63) is 71.0 Å². The summed E-state index contributed by atoms with van der Waals surface area (Å²) in [6.45, 7) is 4.69. The summed E-state index contributed by atoms with van der Waals surface area (Å²) < 4.78 is 21.9. The smallest absolute Gasteiger partial charge is 0.258 e. The Bertz CT molecular complexity index is 1180. The van der Waals surface area contributed by atoms with Crippen molar-refractivity contribution in [2.45, 2.75) is 13.8 Å². The van der Waals surface area contributed by atoms with Gasteiger partial charge >= 0.3 is 0 Å². The topological polar surface area (TPSA) is 82.5 Å². The van der Waals surface area contributed by atoms with E-state index in [1.54, 1.807) is 40.9 Å². The molecule has 0 spiro atoms. The number of aryl methyl sites for hydroxylation is 1. The number of amides is 1. The van der Waals surface area contributed by atoms with Gasteiger partial charge < -0.3 is 14.2 Å². The van der Waals surface area contributed by atoms with Crippen LogP contribution in [0, 0.1) is 24.1 Å². The van der Waals surface area contributed by atoms with E-state index in [-0.39, 0.29) is 22.8 Å². The Morgan fingerprint density at radius 2 is 1.81 bits per heavy atom. The Kier molecular flexibility index (Phi) is 5.34. The molecule has 3 aromatic rings. The Balaban J connectivity index is 1.52. The lowest BCUT2D eigenvalue weighted by Crippen LogP contribution is -2.49. The highest BCUT2D eigenvalue weighted by Gasteiger charge is 2.30. The van der Waals surface area contributed by atoms with E-state index in [9.17, 15) is 19.2 Å². The van der Waals surface area contributed by atoms with Crippen LogP contribution in [0.15, 0.2) is 47.1 Å². The fourth-order valence-corrected chi connectivity index (χ4v) is 3.83.